The fourth-order valence-electron chi connectivity index (χ4n) is 1.74. The second kappa shape index (κ2) is 7.67. The van der Waals surface area contributed by atoms with Crippen molar-refractivity contribution in [3.8, 4) is 0 Å². The summed E-state index contributed by atoms with van der Waals surface area (Å²) >= 11 is 0. The smallest absolute Gasteiger partial charge is 0.331 e. The number of cyclic esters (lactones) is 1. The third kappa shape index (κ3) is 4.68. The first-order valence-electron chi connectivity index (χ1n) is 6.65. The molecule has 0 saturated carbocycles. The van der Waals surface area contributed by atoms with Gasteiger partial charge in [0.05, 0.1) is 13.0 Å². The molecular weight excluding hydrogens is 262 g/mol. The number of esters is 2. The topological polar surface area (TPSA) is 81.7 Å². The van der Waals surface area contributed by atoms with Crippen molar-refractivity contribution in [3.05, 3.63) is 12.2 Å². The monoisotopic (exact) mass is 283 g/mol. The molecule has 0 aromatic rings. The van der Waals surface area contributed by atoms with Gasteiger partial charge in [-0.1, -0.05) is 26.0 Å². The van der Waals surface area contributed by atoms with E-state index in [0.717, 1.165) is 0 Å². The molecule has 1 rings (SSSR count). The van der Waals surface area contributed by atoms with Crippen LogP contribution in [-0.4, -0.2) is 37.6 Å². The van der Waals surface area contributed by atoms with Gasteiger partial charge in [0.15, 0.2) is 6.04 Å². The van der Waals surface area contributed by atoms with E-state index in [1.54, 1.807) is 13.8 Å². The largest absolute Gasteiger partial charge is 0.467 e. The molecule has 1 aliphatic rings. The van der Waals surface area contributed by atoms with E-state index in [1.165, 1.54) is 7.11 Å². The fourth-order valence-corrected chi connectivity index (χ4v) is 1.74. The first kappa shape index (κ1) is 16.2. The number of amides is 1. The zero-order chi connectivity index (χ0) is 15.1. The van der Waals surface area contributed by atoms with Crippen molar-refractivity contribution < 1.29 is 23.9 Å². The summed E-state index contributed by atoms with van der Waals surface area (Å²) in [5.41, 5.74) is 0. The number of rotatable bonds is 1. The number of carbonyl (C=O) groups is 3. The van der Waals surface area contributed by atoms with E-state index in [9.17, 15) is 14.4 Å². The van der Waals surface area contributed by atoms with E-state index in [-0.39, 0.29) is 24.3 Å². The van der Waals surface area contributed by atoms with E-state index in [2.05, 4.69) is 10.1 Å². The number of hydrogen-bond donors (Lipinski definition) is 1. The summed E-state index contributed by atoms with van der Waals surface area (Å²) < 4.78 is 9.66. The second-order valence-electron chi connectivity index (χ2n) is 4.96. The lowest BCUT2D eigenvalue weighted by Gasteiger charge is -2.20. The molecule has 1 aliphatic heterocycles. The van der Waals surface area contributed by atoms with Gasteiger partial charge in [-0.15, -0.1) is 0 Å². The lowest BCUT2D eigenvalue weighted by molar-refractivity contribution is -0.154. The summed E-state index contributed by atoms with van der Waals surface area (Å²) in [6, 6.07) is -0.963. The van der Waals surface area contributed by atoms with Crippen LogP contribution in [0.1, 0.15) is 26.7 Å². The van der Waals surface area contributed by atoms with Gasteiger partial charge >= 0.3 is 11.9 Å². The third-order valence-corrected chi connectivity index (χ3v) is 3.19. The molecule has 1 N–H and O–H groups in total. The molecule has 0 spiro atoms. The summed E-state index contributed by atoms with van der Waals surface area (Å²) in [5.74, 6) is -1.83. The molecule has 0 bridgehead atoms. The average Bonchev–Trinajstić information content (AvgIpc) is 2.44. The summed E-state index contributed by atoms with van der Waals surface area (Å²) in [6.45, 7) is 3.32. The molecule has 0 radical (unpaired) electrons. The van der Waals surface area contributed by atoms with Crippen molar-refractivity contribution in [2.24, 2.45) is 11.8 Å². The summed E-state index contributed by atoms with van der Waals surface area (Å²) in [7, 11) is 1.22. The van der Waals surface area contributed by atoms with Gasteiger partial charge in [0, 0.05) is 5.92 Å². The molecular formula is C14H21NO5. The van der Waals surface area contributed by atoms with Gasteiger partial charge in [0.1, 0.15) is 6.61 Å². The van der Waals surface area contributed by atoms with Crippen LogP contribution >= 0.6 is 0 Å². The normalized spacial score (nSPS) is 30.2. The van der Waals surface area contributed by atoms with Crippen LogP contribution in [0.2, 0.25) is 0 Å². The molecule has 3 atom stereocenters. The highest BCUT2D eigenvalue weighted by Gasteiger charge is 2.26. The number of methoxy groups -OCH3 is 1. The third-order valence-electron chi connectivity index (χ3n) is 3.19. The maximum Gasteiger partial charge on any atom is 0.331 e. The van der Waals surface area contributed by atoms with Gasteiger partial charge in [-0.25, -0.2) is 4.79 Å². The van der Waals surface area contributed by atoms with E-state index in [0.29, 0.717) is 12.8 Å². The van der Waals surface area contributed by atoms with Crippen LogP contribution in [0.3, 0.4) is 0 Å². The minimum Gasteiger partial charge on any atom is -0.467 e. The number of ether oxygens (including phenoxy) is 2. The SMILES string of the molecule is COC(=O)[C@@H]1COC(=O)[C@H](C)C/C=C/C[C@@H](C)C(=O)N1. The molecule has 0 aliphatic carbocycles. The fraction of sp³-hybridized carbons (Fsp3) is 0.643. The Balaban J connectivity index is 2.84. The van der Waals surface area contributed by atoms with Crippen LogP contribution in [0.5, 0.6) is 0 Å². The van der Waals surface area contributed by atoms with E-state index in [4.69, 9.17) is 4.74 Å². The number of hydrogen-bond acceptors (Lipinski definition) is 5. The molecule has 1 heterocycles. The van der Waals surface area contributed by atoms with Crippen molar-refractivity contribution in [2.75, 3.05) is 13.7 Å². The molecule has 0 saturated heterocycles. The summed E-state index contributed by atoms with van der Waals surface area (Å²) in [6.07, 6.45) is 4.84. The number of allylic oxidation sites excluding steroid dienone is 2. The van der Waals surface area contributed by atoms with Gasteiger partial charge in [-0.05, 0) is 12.8 Å². The quantitative estimate of drug-likeness (QED) is 0.569. The first-order valence-corrected chi connectivity index (χ1v) is 6.65. The predicted molar refractivity (Wildman–Crippen MR) is 71.6 cm³/mol. The Morgan fingerprint density at radius 3 is 2.45 bits per heavy atom. The van der Waals surface area contributed by atoms with Gasteiger partial charge < -0.3 is 14.8 Å². The van der Waals surface area contributed by atoms with Crippen LogP contribution < -0.4 is 5.32 Å². The Bertz CT molecular complexity index is 404. The zero-order valence-corrected chi connectivity index (χ0v) is 12.0. The van der Waals surface area contributed by atoms with Crippen LogP contribution in [0, 0.1) is 11.8 Å². The Morgan fingerprint density at radius 1 is 1.25 bits per heavy atom. The second-order valence-corrected chi connectivity index (χ2v) is 4.96. The molecule has 112 valence electrons. The highest BCUT2D eigenvalue weighted by Crippen LogP contribution is 2.11. The average molecular weight is 283 g/mol. The van der Waals surface area contributed by atoms with E-state index >= 15 is 0 Å². The molecule has 6 nitrogen and oxygen atoms in total. The standard InChI is InChI=1S/C14H21NO5/c1-9-6-4-5-7-10(2)13(17)20-8-11(14(18)19-3)15-12(9)16/h4-5,9-11H,6-8H2,1-3H3,(H,15,16)/b5-4+/t9-,10-,11+/m1/s1. The lowest BCUT2D eigenvalue weighted by Crippen LogP contribution is -2.47. The number of nitrogens with one attached hydrogen (secondary N) is 1. The minimum absolute atomic E-state index is 0.210. The van der Waals surface area contributed by atoms with Crippen molar-refractivity contribution in [3.63, 3.8) is 0 Å². The van der Waals surface area contributed by atoms with Gasteiger partial charge in [0.25, 0.3) is 0 Å². The maximum atomic E-state index is 11.9. The summed E-state index contributed by atoms with van der Waals surface area (Å²) in [4.78, 5) is 35.2. The Kier molecular flexibility index (Phi) is 6.21. The highest BCUT2D eigenvalue weighted by molar-refractivity contribution is 5.86. The maximum absolute atomic E-state index is 11.9. The highest BCUT2D eigenvalue weighted by atomic mass is 16.5. The van der Waals surface area contributed by atoms with Crippen LogP contribution in [0.15, 0.2) is 12.2 Å². The van der Waals surface area contributed by atoms with Crippen molar-refractivity contribution in [1.82, 2.24) is 5.32 Å². The zero-order valence-electron chi connectivity index (χ0n) is 12.0. The van der Waals surface area contributed by atoms with Crippen molar-refractivity contribution in [2.45, 2.75) is 32.7 Å². The minimum atomic E-state index is -0.963. The Morgan fingerprint density at radius 2 is 1.85 bits per heavy atom. The molecule has 20 heavy (non-hydrogen) atoms. The van der Waals surface area contributed by atoms with E-state index < -0.39 is 18.0 Å². The number of carbonyl (C=O) groups excluding carboxylic acids is 3. The van der Waals surface area contributed by atoms with Crippen LogP contribution in [0.25, 0.3) is 0 Å². The predicted octanol–water partition coefficient (Wildman–Crippen LogP) is 0.810. The van der Waals surface area contributed by atoms with Gasteiger partial charge in [-0.2, -0.15) is 0 Å². The van der Waals surface area contributed by atoms with Gasteiger partial charge in [-0.3, -0.25) is 9.59 Å². The molecule has 6 heteroatoms. The van der Waals surface area contributed by atoms with Gasteiger partial charge in [0.2, 0.25) is 5.91 Å². The Labute approximate surface area is 118 Å². The molecule has 1 amide bonds. The Hall–Kier alpha value is -1.85. The molecule has 0 unspecified atom stereocenters. The van der Waals surface area contributed by atoms with Crippen LogP contribution in [0.4, 0.5) is 0 Å². The van der Waals surface area contributed by atoms with Crippen LogP contribution in [-0.2, 0) is 23.9 Å². The first-order chi connectivity index (χ1) is 9.45. The summed E-state index contributed by atoms with van der Waals surface area (Å²) in [5, 5.41) is 2.55. The van der Waals surface area contributed by atoms with E-state index in [1.807, 2.05) is 12.2 Å². The van der Waals surface area contributed by atoms with Crippen molar-refractivity contribution >= 4 is 17.8 Å². The van der Waals surface area contributed by atoms with Crippen molar-refractivity contribution in [1.29, 1.82) is 0 Å². The lowest BCUT2D eigenvalue weighted by atomic mass is 10.0. The molecule has 0 aromatic heterocycles. The molecule has 0 fully saturated rings. The molecule has 0 aromatic carbocycles.